The smallest absolute Gasteiger partial charge is 0.273 e. The summed E-state index contributed by atoms with van der Waals surface area (Å²) >= 11 is 0. The Morgan fingerprint density at radius 2 is 1.54 bits per heavy atom. The van der Waals surface area contributed by atoms with Crippen molar-refractivity contribution in [1.29, 1.82) is 0 Å². The van der Waals surface area contributed by atoms with Gasteiger partial charge in [-0.05, 0) is 41.8 Å². The van der Waals surface area contributed by atoms with Gasteiger partial charge in [-0.3, -0.25) is 14.9 Å². The van der Waals surface area contributed by atoms with E-state index in [0.29, 0.717) is 9.87 Å². The standard InChI is InChI=1S/C24H19F3N2O5S/c1-2-23(17-6-4-3-5-7-17)21(16-8-10-18(11-9-16)24(25,26)27)28(22(23)30)35(33,34)20-14-12-19(13-15-20)29(31)32/h3-15,21H,2H2,1H3/t21-,23+/m1/s1. The first-order chi connectivity index (χ1) is 16.4. The summed E-state index contributed by atoms with van der Waals surface area (Å²) in [7, 11) is -4.48. The maximum atomic E-state index is 13.6. The molecule has 1 saturated heterocycles. The molecular formula is C24H19F3N2O5S. The molecule has 1 amide bonds. The molecule has 11 heteroatoms. The Morgan fingerprint density at radius 3 is 2.03 bits per heavy atom. The van der Waals surface area contributed by atoms with Gasteiger partial charge in [0.1, 0.15) is 5.41 Å². The second-order valence-electron chi connectivity index (χ2n) is 8.07. The van der Waals surface area contributed by atoms with Crippen molar-refractivity contribution in [3.63, 3.8) is 0 Å². The number of alkyl halides is 3. The number of nitro groups is 1. The fraction of sp³-hybridized carbons (Fsp3) is 0.208. The van der Waals surface area contributed by atoms with Gasteiger partial charge in [0, 0.05) is 12.1 Å². The maximum absolute atomic E-state index is 13.6. The molecule has 35 heavy (non-hydrogen) atoms. The fourth-order valence-electron chi connectivity index (χ4n) is 4.51. The summed E-state index contributed by atoms with van der Waals surface area (Å²) in [5.41, 5.74) is -1.81. The second kappa shape index (κ2) is 8.49. The van der Waals surface area contributed by atoms with Crippen LogP contribution in [0.1, 0.15) is 36.1 Å². The van der Waals surface area contributed by atoms with Gasteiger partial charge in [0.2, 0.25) is 5.91 Å². The van der Waals surface area contributed by atoms with Crippen molar-refractivity contribution < 1.29 is 31.3 Å². The van der Waals surface area contributed by atoms with E-state index >= 15 is 0 Å². The molecule has 0 saturated carbocycles. The summed E-state index contributed by atoms with van der Waals surface area (Å²) in [5, 5.41) is 10.9. The van der Waals surface area contributed by atoms with Crippen molar-refractivity contribution >= 4 is 21.6 Å². The van der Waals surface area contributed by atoms with Gasteiger partial charge in [-0.2, -0.15) is 13.2 Å². The Bertz CT molecular complexity index is 1380. The van der Waals surface area contributed by atoms with Crippen LogP contribution in [0, 0.1) is 10.1 Å². The van der Waals surface area contributed by atoms with Crippen LogP contribution < -0.4 is 0 Å². The van der Waals surface area contributed by atoms with E-state index in [-0.39, 0.29) is 22.6 Å². The van der Waals surface area contributed by atoms with Crippen molar-refractivity contribution in [2.75, 3.05) is 0 Å². The third-order valence-corrected chi connectivity index (χ3v) is 8.05. The molecule has 0 radical (unpaired) electrons. The SMILES string of the molecule is CC[C@@]1(c2ccccc2)C(=O)N(S(=O)(=O)c2ccc([N+](=O)[O-])cc2)[C@@H]1c1ccc(C(F)(F)F)cc1. The lowest BCUT2D eigenvalue weighted by atomic mass is 9.63. The summed E-state index contributed by atoms with van der Waals surface area (Å²) in [6, 6.07) is 15.5. The second-order valence-corrected chi connectivity index (χ2v) is 9.89. The zero-order valence-electron chi connectivity index (χ0n) is 18.3. The van der Waals surface area contributed by atoms with Gasteiger partial charge in [0.25, 0.3) is 15.7 Å². The van der Waals surface area contributed by atoms with Crippen molar-refractivity contribution in [1.82, 2.24) is 4.31 Å². The minimum absolute atomic E-state index is 0.188. The first kappa shape index (κ1) is 24.4. The van der Waals surface area contributed by atoms with Crippen LogP contribution in [0.15, 0.2) is 83.8 Å². The molecule has 7 nitrogen and oxygen atoms in total. The van der Waals surface area contributed by atoms with E-state index < -0.39 is 44.1 Å². The predicted octanol–water partition coefficient (Wildman–Crippen LogP) is 5.23. The highest BCUT2D eigenvalue weighted by molar-refractivity contribution is 7.89. The van der Waals surface area contributed by atoms with Crippen molar-refractivity contribution in [2.24, 2.45) is 0 Å². The van der Waals surface area contributed by atoms with Gasteiger partial charge < -0.3 is 0 Å². The lowest BCUT2D eigenvalue weighted by molar-refractivity contribution is -0.384. The van der Waals surface area contributed by atoms with Crippen molar-refractivity contribution in [3.8, 4) is 0 Å². The molecule has 3 aromatic carbocycles. The fourth-order valence-corrected chi connectivity index (χ4v) is 6.17. The first-order valence-electron chi connectivity index (χ1n) is 10.5. The summed E-state index contributed by atoms with van der Waals surface area (Å²) < 4.78 is 67.1. The zero-order valence-corrected chi connectivity index (χ0v) is 19.1. The minimum atomic E-state index is -4.58. The van der Waals surface area contributed by atoms with Crippen LogP contribution in [0.4, 0.5) is 18.9 Å². The largest absolute Gasteiger partial charge is 0.416 e. The maximum Gasteiger partial charge on any atom is 0.416 e. The van der Waals surface area contributed by atoms with Crippen LogP contribution in [0.3, 0.4) is 0 Å². The van der Waals surface area contributed by atoms with Crippen LogP contribution in [0.5, 0.6) is 0 Å². The van der Waals surface area contributed by atoms with E-state index in [0.717, 1.165) is 36.4 Å². The van der Waals surface area contributed by atoms with Crippen molar-refractivity contribution in [3.05, 3.63) is 106 Å². The molecule has 0 unspecified atom stereocenters. The van der Waals surface area contributed by atoms with Gasteiger partial charge >= 0.3 is 6.18 Å². The topological polar surface area (TPSA) is 97.6 Å². The highest BCUT2D eigenvalue weighted by atomic mass is 32.2. The Hall–Kier alpha value is -3.73. The molecule has 1 aliphatic rings. The van der Waals surface area contributed by atoms with Gasteiger partial charge in [-0.25, -0.2) is 12.7 Å². The van der Waals surface area contributed by atoms with Crippen molar-refractivity contribution in [2.45, 2.75) is 35.9 Å². The molecule has 0 N–H and O–H groups in total. The molecule has 3 aromatic rings. The third-order valence-electron chi connectivity index (χ3n) is 6.29. The van der Waals surface area contributed by atoms with E-state index in [2.05, 4.69) is 0 Å². The minimum Gasteiger partial charge on any atom is -0.273 e. The number of amides is 1. The van der Waals surface area contributed by atoms with Gasteiger partial charge in [-0.1, -0.05) is 49.4 Å². The number of nitro benzene ring substituents is 1. The molecule has 0 aromatic heterocycles. The van der Waals surface area contributed by atoms with Gasteiger partial charge in [-0.15, -0.1) is 0 Å². The third kappa shape index (κ3) is 3.85. The Kier molecular flexibility index (Phi) is 5.92. The monoisotopic (exact) mass is 504 g/mol. The van der Waals surface area contributed by atoms with E-state index in [1.165, 1.54) is 12.1 Å². The van der Waals surface area contributed by atoms with Crippen LogP contribution in [-0.2, 0) is 26.4 Å². The number of carbonyl (C=O) groups excluding carboxylic acids is 1. The Labute approximate surface area is 199 Å². The number of nitrogens with zero attached hydrogens (tertiary/aromatic N) is 2. The van der Waals surface area contributed by atoms with E-state index in [9.17, 15) is 36.5 Å². The van der Waals surface area contributed by atoms with Gasteiger partial charge in [0.05, 0.1) is 21.4 Å². The number of benzene rings is 3. The average molecular weight is 504 g/mol. The van der Waals surface area contributed by atoms with E-state index in [1.807, 2.05) is 0 Å². The Balaban J connectivity index is 1.86. The number of non-ortho nitro benzene ring substituents is 1. The summed E-state index contributed by atoms with van der Waals surface area (Å²) in [6.07, 6.45) is -4.40. The number of hydrogen-bond acceptors (Lipinski definition) is 5. The quantitative estimate of drug-likeness (QED) is 0.260. The number of halogens is 3. The highest BCUT2D eigenvalue weighted by Gasteiger charge is 2.65. The van der Waals surface area contributed by atoms with E-state index in [1.54, 1.807) is 37.3 Å². The molecule has 182 valence electrons. The average Bonchev–Trinajstić information content (AvgIpc) is 2.83. The van der Waals surface area contributed by atoms with E-state index in [4.69, 9.17) is 0 Å². The summed E-state index contributed by atoms with van der Waals surface area (Å²) in [4.78, 5) is 23.5. The summed E-state index contributed by atoms with van der Waals surface area (Å²) in [5.74, 6) is -0.727. The van der Waals surface area contributed by atoms with Crippen LogP contribution >= 0.6 is 0 Å². The highest BCUT2D eigenvalue weighted by Crippen LogP contribution is 2.56. The molecule has 0 bridgehead atoms. The molecule has 0 spiro atoms. The number of sulfonamides is 1. The van der Waals surface area contributed by atoms with Crippen LogP contribution in [0.2, 0.25) is 0 Å². The molecular weight excluding hydrogens is 485 g/mol. The molecule has 0 aliphatic carbocycles. The molecule has 1 heterocycles. The zero-order chi connectivity index (χ0) is 25.6. The number of hydrogen-bond donors (Lipinski definition) is 0. The number of carbonyl (C=O) groups is 1. The number of β-lactam (4-membered cyclic amide) rings is 1. The molecule has 1 fully saturated rings. The number of rotatable bonds is 6. The first-order valence-corrected chi connectivity index (χ1v) is 11.9. The van der Waals surface area contributed by atoms with Crippen LogP contribution in [-0.4, -0.2) is 23.6 Å². The Morgan fingerprint density at radius 1 is 0.971 bits per heavy atom. The van der Waals surface area contributed by atoms with Crippen LogP contribution in [0.25, 0.3) is 0 Å². The van der Waals surface area contributed by atoms with Gasteiger partial charge in [0.15, 0.2) is 0 Å². The predicted molar refractivity (Wildman–Crippen MR) is 120 cm³/mol. The summed E-state index contributed by atoms with van der Waals surface area (Å²) in [6.45, 7) is 1.71. The lowest BCUT2D eigenvalue weighted by Crippen LogP contribution is -2.67. The normalized spacial score (nSPS) is 20.4. The molecule has 1 aliphatic heterocycles. The molecule has 4 rings (SSSR count). The lowest BCUT2D eigenvalue weighted by Gasteiger charge is -2.55. The molecule has 2 atom stereocenters.